The van der Waals surface area contributed by atoms with Crippen molar-refractivity contribution in [1.29, 1.82) is 0 Å². The van der Waals surface area contributed by atoms with E-state index in [0.717, 1.165) is 21.5 Å². The molecule has 2 heterocycles. The van der Waals surface area contributed by atoms with Crippen LogP contribution < -0.4 is 21.2 Å². The molecule has 0 unspecified atom stereocenters. The van der Waals surface area contributed by atoms with Crippen LogP contribution in [0.2, 0.25) is 18.1 Å². The number of carbonyl (C=O) groups is 4. The minimum Gasteiger partial charge on any atom is -0.477 e. The lowest BCUT2D eigenvalue weighted by Gasteiger charge is -2.52. The Bertz CT molecular complexity index is 1960. The first-order chi connectivity index (χ1) is 25.7. The van der Waals surface area contributed by atoms with Crippen LogP contribution in [0.4, 0.5) is 4.79 Å². The minimum absolute atomic E-state index is 0.0242. The molecule has 0 aliphatic carbocycles. The molecule has 2 aliphatic heterocycles. The van der Waals surface area contributed by atoms with Crippen LogP contribution in [0.25, 0.3) is 0 Å². The number of nitrogens with zero attached hydrogens (tertiary/aromatic N) is 2. The van der Waals surface area contributed by atoms with Crippen molar-refractivity contribution < 1.29 is 28.7 Å². The average Bonchev–Trinajstić information content (AvgIpc) is 3.55. The second kappa shape index (κ2) is 15.5. The van der Waals surface area contributed by atoms with Gasteiger partial charge in [-0.1, -0.05) is 136 Å². The van der Waals surface area contributed by atoms with Gasteiger partial charge in [0.2, 0.25) is 5.91 Å². The van der Waals surface area contributed by atoms with Gasteiger partial charge in [-0.05, 0) is 46.5 Å². The molecule has 9 nitrogen and oxygen atoms in total. The minimum atomic E-state index is -3.24. The lowest BCUT2D eigenvalue weighted by atomic mass is 9.79. The molecule has 282 valence electrons. The summed E-state index contributed by atoms with van der Waals surface area (Å²) in [6.45, 7) is 10.9. The number of aliphatic carboxylic acids is 1. The van der Waals surface area contributed by atoms with E-state index in [-0.39, 0.29) is 34.6 Å². The molecule has 2 fully saturated rings. The van der Waals surface area contributed by atoms with E-state index in [1.54, 1.807) is 17.0 Å². The van der Waals surface area contributed by atoms with Crippen molar-refractivity contribution in [2.24, 2.45) is 5.92 Å². The van der Waals surface area contributed by atoms with Crippen LogP contribution in [0.15, 0.2) is 115 Å². The number of carboxylic acids is 1. The van der Waals surface area contributed by atoms with E-state index in [4.69, 9.17) is 4.43 Å². The van der Waals surface area contributed by atoms with E-state index >= 15 is 0 Å². The summed E-state index contributed by atoms with van der Waals surface area (Å²) >= 11 is 0. The molecular formula is C43H50N3O6PSi. The van der Waals surface area contributed by atoms with Gasteiger partial charge in [-0.2, -0.15) is 0 Å². The van der Waals surface area contributed by atoms with Gasteiger partial charge in [-0.25, -0.2) is 9.59 Å². The number of rotatable bonds is 13. The van der Waals surface area contributed by atoms with E-state index in [2.05, 4.69) is 39.2 Å². The summed E-state index contributed by atoms with van der Waals surface area (Å²) in [5.41, 5.74) is 1.32. The highest BCUT2D eigenvalue weighted by molar-refractivity contribution is 7.96. The van der Waals surface area contributed by atoms with Crippen LogP contribution >= 0.6 is 6.89 Å². The Hall–Kier alpha value is -4.76. The number of β-lactam (4-membered cyclic amide) rings is 1. The number of urea groups is 1. The molecule has 2 saturated heterocycles. The Morgan fingerprint density at radius 1 is 0.852 bits per heavy atom. The second-order valence-corrected chi connectivity index (χ2v) is 23.7. The monoisotopic (exact) mass is 763 g/mol. The maximum atomic E-state index is 14.8. The standard InChI is InChI=1S/C43H50N3O6PSi/c1-30(52-54(5,6)43(2,3)4)38-36(28-37(47)32-24-22-31(23-25-32)29-45-27-26-44-42(45)51)46(39(38)48)40(41(49)50)53(33-16-10-7-11-17-33,34-18-12-8-13-19-34)35-20-14-9-15-21-35/h7-25,30,36,38H,26-29H2,1-6H3,(H,44,51)(H,49,50)/t30-,36-,38-/m1/s1. The molecule has 4 aromatic rings. The van der Waals surface area contributed by atoms with Gasteiger partial charge >= 0.3 is 12.0 Å². The number of benzene rings is 4. The van der Waals surface area contributed by atoms with Gasteiger partial charge in [0.25, 0.3) is 0 Å². The summed E-state index contributed by atoms with van der Waals surface area (Å²) in [4.78, 5) is 58.4. The zero-order valence-corrected chi connectivity index (χ0v) is 33.8. The molecule has 0 aromatic heterocycles. The number of hydrogen-bond acceptors (Lipinski definition) is 5. The van der Waals surface area contributed by atoms with Crippen LogP contribution in [-0.4, -0.2) is 77.6 Å². The molecule has 2 aliphatic rings. The van der Waals surface area contributed by atoms with Gasteiger partial charge in [0, 0.05) is 38.5 Å². The van der Waals surface area contributed by atoms with Crippen molar-refractivity contribution in [2.75, 3.05) is 13.1 Å². The molecule has 3 atom stereocenters. The Labute approximate surface area is 319 Å². The molecule has 2 N–H and O–H groups in total. The highest BCUT2D eigenvalue weighted by Crippen LogP contribution is 2.50. The Morgan fingerprint density at radius 2 is 1.35 bits per heavy atom. The van der Waals surface area contributed by atoms with Gasteiger partial charge in [0.05, 0.1) is 18.1 Å². The van der Waals surface area contributed by atoms with Crippen molar-refractivity contribution in [3.8, 4) is 0 Å². The van der Waals surface area contributed by atoms with Crippen LogP contribution in [0.5, 0.6) is 0 Å². The first kappa shape index (κ1) is 38.9. The van der Waals surface area contributed by atoms with E-state index in [1.165, 1.54) is 4.90 Å². The average molecular weight is 764 g/mol. The van der Waals surface area contributed by atoms with E-state index < -0.39 is 39.2 Å². The van der Waals surface area contributed by atoms with Crippen LogP contribution in [-0.2, 0) is 20.6 Å². The van der Waals surface area contributed by atoms with Crippen molar-refractivity contribution in [3.63, 3.8) is 0 Å². The maximum absolute atomic E-state index is 14.8. The fourth-order valence-electron chi connectivity index (χ4n) is 7.44. The van der Waals surface area contributed by atoms with Crippen LogP contribution in [0, 0.1) is 5.92 Å². The number of ketones is 1. The number of Topliss-reactive ketones (excluding diaryl/α,β-unsaturated/α-hetero) is 1. The third-order valence-corrected chi connectivity index (χ3v) is 20.1. The third kappa shape index (κ3) is 7.35. The fraction of sp³-hybridized carbons (Fsp3) is 0.326. The molecule has 0 bridgehead atoms. The lowest BCUT2D eigenvalue weighted by molar-refractivity contribution is -0.155. The van der Waals surface area contributed by atoms with Crippen molar-refractivity contribution in [3.05, 3.63) is 126 Å². The Balaban J connectivity index is 1.51. The lowest BCUT2D eigenvalue weighted by Crippen LogP contribution is -2.69. The van der Waals surface area contributed by atoms with Gasteiger partial charge in [0.1, 0.15) is 5.42 Å². The smallest absolute Gasteiger partial charge is 0.353 e. The quantitative estimate of drug-likeness (QED) is 0.0723. The number of carboxylic acid groups (broad SMARTS) is 1. The summed E-state index contributed by atoms with van der Waals surface area (Å²) in [5, 5.41) is 16.5. The van der Waals surface area contributed by atoms with Gasteiger partial charge in [0.15, 0.2) is 14.1 Å². The number of nitrogens with one attached hydrogen (secondary N) is 1. The van der Waals surface area contributed by atoms with E-state index in [1.807, 2.05) is 110 Å². The van der Waals surface area contributed by atoms with Gasteiger partial charge < -0.3 is 24.6 Å². The van der Waals surface area contributed by atoms with E-state index in [0.29, 0.717) is 25.2 Å². The molecule has 6 rings (SSSR count). The van der Waals surface area contributed by atoms with Crippen LogP contribution in [0.3, 0.4) is 0 Å². The highest BCUT2D eigenvalue weighted by atomic mass is 31.2. The number of amides is 3. The summed E-state index contributed by atoms with van der Waals surface area (Å²) in [6.07, 6.45) is -0.653. The Kier molecular flexibility index (Phi) is 11.2. The van der Waals surface area contributed by atoms with Crippen molar-refractivity contribution in [1.82, 2.24) is 15.1 Å². The number of carbonyl (C=O) groups excluding carboxylic acids is 3. The molecule has 54 heavy (non-hydrogen) atoms. The molecule has 0 spiro atoms. The summed E-state index contributed by atoms with van der Waals surface area (Å²) in [6, 6.07) is 35.0. The maximum Gasteiger partial charge on any atom is 0.353 e. The van der Waals surface area contributed by atoms with Gasteiger partial charge in [-0.15, -0.1) is 0 Å². The predicted octanol–water partition coefficient (Wildman–Crippen LogP) is 6.23. The first-order valence-electron chi connectivity index (χ1n) is 18.5. The summed E-state index contributed by atoms with van der Waals surface area (Å²) in [7, 11) is -2.37. The van der Waals surface area contributed by atoms with Gasteiger partial charge in [-0.3, -0.25) is 9.59 Å². The van der Waals surface area contributed by atoms with Crippen LogP contribution in [0.1, 0.15) is 50.0 Å². The molecule has 11 heteroatoms. The SMILES string of the molecule is C[C@@H](O[Si](C)(C)C(C)(C)C)[C@H]1C(=O)N(C(C(=O)O)=P(c2ccccc2)(c2ccccc2)c2ccccc2)[C@@H]1CC(=O)c1ccc(CN2CCNC2=O)cc1. The molecule has 0 saturated carbocycles. The van der Waals surface area contributed by atoms with Crippen molar-refractivity contribution in [2.45, 2.75) is 70.9 Å². The molecule has 4 aromatic carbocycles. The third-order valence-electron chi connectivity index (χ3n) is 11.2. The Morgan fingerprint density at radius 3 is 1.78 bits per heavy atom. The fourth-order valence-corrected chi connectivity index (χ4v) is 13.2. The second-order valence-electron chi connectivity index (χ2n) is 15.7. The first-order valence-corrected chi connectivity index (χ1v) is 23.2. The predicted molar refractivity (Wildman–Crippen MR) is 219 cm³/mol. The molecule has 3 amide bonds. The summed E-state index contributed by atoms with van der Waals surface area (Å²) < 4.78 is 6.81. The number of hydrogen-bond donors (Lipinski definition) is 2. The summed E-state index contributed by atoms with van der Waals surface area (Å²) in [5.74, 6) is -2.52. The van der Waals surface area contributed by atoms with Crippen molar-refractivity contribution >= 4 is 60.2 Å². The highest BCUT2D eigenvalue weighted by Gasteiger charge is 2.57. The normalized spacial score (nSPS) is 18.2. The topological polar surface area (TPSA) is 116 Å². The zero-order valence-electron chi connectivity index (χ0n) is 31.9. The molecule has 0 radical (unpaired) electrons. The molecular weight excluding hydrogens is 714 g/mol. The van der Waals surface area contributed by atoms with E-state index in [9.17, 15) is 24.3 Å². The largest absolute Gasteiger partial charge is 0.477 e. The number of likely N-dealkylation sites (tertiary alicyclic amines) is 1. The zero-order chi connectivity index (χ0) is 38.8.